The number of methoxy groups -OCH3 is 1. The molecule has 0 saturated heterocycles. The topological polar surface area (TPSA) is 56.1 Å². The number of nitrogens with one attached hydrogen (secondary N) is 1. The zero-order valence-electron chi connectivity index (χ0n) is 15.3. The summed E-state index contributed by atoms with van der Waals surface area (Å²) in [5.41, 5.74) is 3.00. The van der Waals surface area contributed by atoms with E-state index in [0.717, 1.165) is 22.5 Å². The van der Waals surface area contributed by atoms with Crippen molar-refractivity contribution in [3.05, 3.63) is 83.4 Å². The number of hydrogen-bond donors (Lipinski definition) is 1. The smallest absolute Gasteiger partial charge is 0.225 e. The number of imidazole rings is 1. The second-order valence-electron chi connectivity index (χ2n) is 6.24. The molecule has 0 fully saturated rings. The maximum atomic E-state index is 12.8. The minimum Gasteiger partial charge on any atom is -0.496 e. The fraction of sp³-hybridized carbons (Fsp3) is 0.238. The highest BCUT2D eigenvalue weighted by Gasteiger charge is 2.22. The van der Waals surface area contributed by atoms with Crippen LogP contribution in [-0.4, -0.2) is 22.6 Å². The van der Waals surface area contributed by atoms with Crippen molar-refractivity contribution in [3.63, 3.8) is 0 Å². The lowest BCUT2D eigenvalue weighted by atomic mass is 10.00. The van der Waals surface area contributed by atoms with Crippen LogP contribution in [0.2, 0.25) is 0 Å². The van der Waals surface area contributed by atoms with Crippen molar-refractivity contribution in [1.82, 2.24) is 14.9 Å². The van der Waals surface area contributed by atoms with Crippen LogP contribution in [-0.2, 0) is 18.3 Å². The van der Waals surface area contributed by atoms with E-state index in [0.29, 0.717) is 5.75 Å². The van der Waals surface area contributed by atoms with Crippen molar-refractivity contribution in [2.45, 2.75) is 19.4 Å². The van der Waals surface area contributed by atoms with Gasteiger partial charge in [0.05, 0.1) is 13.5 Å². The molecule has 134 valence electrons. The van der Waals surface area contributed by atoms with E-state index >= 15 is 0 Å². The Balaban J connectivity index is 1.88. The van der Waals surface area contributed by atoms with Crippen LogP contribution in [0.25, 0.3) is 0 Å². The molecule has 0 saturated carbocycles. The molecule has 0 aliphatic heterocycles. The van der Waals surface area contributed by atoms with Crippen LogP contribution in [0.3, 0.4) is 0 Å². The number of amides is 1. The first kappa shape index (κ1) is 17.7. The van der Waals surface area contributed by atoms with E-state index in [2.05, 4.69) is 10.3 Å². The maximum absolute atomic E-state index is 12.8. The quantitative estimate of drug-likeness (QED) is 0.744. The van der Waals surface area contributed by atoms with Gasteiger partial charge in [-0.15, -0.1) is 0 Å². The summed E-state index contributed by atoms with van der Waals surface area (Å²) in [6.45, 7) is 2.04. The van der Waals surface area contributed by atoms with E-state index in [-0.39, 0.29) is 18.4 Å². The van der Waals surface area contributed by atoms with Gasteiger partial charge in [-0.2, -0.15) is 0 Å². The summed E-state index contributed by atoms with van der Waals surface area (Å²) in [5, 5.41) is 3.14. The molecule has 0 bridgehead atoms. The number of rotatable bonds is 6. The second kappa shape index (κ2) is 7.87. The van der Waals surface area contributed by atoms with Crippen molar-refractivity contribution in [1.29, 1.82) is 0 Å². The summed E-state index contributed by atoms with van der Waals surface area (Å²) in [7, 11) is 3.54. The molecule has 1 atom stereocenters. The predicted octanol–water partition coefficient (Wildman–Crippen LogP) is 3.19. The Hall–Kier alpha value is -3.08. The Morgan fingerprint density at radius 2 is 1.92 bits per heavy atom. The molecule has 26 heavy (non-hydrogen) atoms. The van der Waals surface area contributed by atoms with Crippen molar-refractivity contribution >= 4 is 5.91 Å². The third-order valence-corrected chi connectivity index (χ3v) is 4.46. The number of aryl methyl sites for hydroxylation is 2. The third-order valence-electron chi connectivity index (χ3n) is 4.46. The van der Waals surface area contributed by atoms with Gasteiger partial charge >= 0.3 is 0 Å². The van der Waals surface area contributed by atoms with E-state index in [9.17, 15) is 4.79 Å². The number of ether oxygens (including phenoxy) is 1. The number of benzene rings is 2. The minimum atomic E-state index is -0.307. The van der Waals surface area contributed by atoms with Crippen LogP contribution in [0.1, 0.15) is 28.6 Å². The van der Waals surface area contributed by atoms with Gasteiger partial charge in [0, 0.05) is 25.0 Å². The summed E-state index contributed by atoms with van der Waals surface area (Å²) < 4.78 is 7.28. The Morgan fingerprint density at radius 3 is 2.62 bits per heavy atom. The van der Waals surface area contributed by atoms with Crippen molar-refractivity contribution in [2.24, 2.45) is 7.05 Å². The van der Waals surface area contributed by atoms with Crippen molar-refractivity contribution < 1.29 is 9.53 Å². The molecule has 5 heteroatoms. The predicted molar refractivity (Wildman–Crippen MR) is 101 cm³/mol. The van der Waals surface area contributed by atoms with E-state index in [1.807, 2.05) is 73.3 Å². The van der Waals surface area contributed by atoms with Gasteiger partial charge in [-0.1, -0.05) is 42.5 Å². The zero-order chi connectivity index (χ0) is 18.5. The van der Waals surface area contributed by atoms with Gasteiger partial charge in [0.2, 0.25) is 5.91 Å². The van der Waals surface area contributed by atoms with Gasteiger partial charge in [0.15, 0.2) is 0 Å². The van der Waals surface area contributed by atoms with E-state index < -0.39 is 0 Å². The van der Waals surface area contributed by atoms with Crippen LogP contribution in [0.5, 0.6) is 5.75 Å². The van der Waals surface area contributed by atoms with Gasteiger partial charge in [-0.3, -0.25) is 4.79 Å². The van der Waals surface area contributed by atoms with Gasteiger partial charge in [-0.25, -0.2) is 4.98 Å². The first-order valence-electron chi connectivity index (χ1n) is 8.54. The van der Waals surface area contributed by atoms with Crippen LogP contribution in [0, 0.1) is 6.92 Å². The number of carbonyl (C=O) groups excluding carboxylic acids is 1. The van der Waals surface area contributed by atoms with Crippen molar-refractivity contribution in [3.8, 4) is 5.75 Å². The highest BCUT2D eigenvalue weighted by Crippen LogP contribution is 2.24. The molecule has 0 radical (unpaired) electrons. The summed E-state index contributed by atoms with van der Waals surface area (Å²) in [4.78, 5) is 17.2. The summed E-state index contributed by atoms with van der Waals surface area (Å²) >= 11 is 0. The Bertz CT molecular complexity index is 902. The van der Waals surface area contributed by atoms with E-state index in [1.165, 1.54) is 0 Å². The minimum absolute atomic E-state index is 0.0780. The third kappa shape index (κ3) is 3.77. The normalized spacial score (nSPS) is 11.8. The molecular weight excluding hydrogens is 326 g/mol. The highest BCUT2D eigenvalue weighted by molar-refractivity contribution is 5.80. The molecule has 1 N–H and O–H groups in total. The number of para-hydroxylation sites is 1. The fourth-order valence-electron chi connectivity index (χ4n) is 3.08. The van der Waals surface area contributed by atoms with Gasteiger partial charge in [-0.05, 0) is 24.1 Å². The molecule has 5 nitrogen and oxygen atoms in total. The molecule has 2 aromatic carbocycles. The SMILES string of the molecule is COc1ccccc1CC(=O)NC(c1ccccc1C)c1nccn1C. The number of nitrogens with zero attached hydrogens (tertiary/aromatic N) is 2. The monoisotopic (exact) mass is 349 g/mol. The summed E-state index contributed by atoms with van der Waals surface area (Å²) in [6, 6.07) is 15.3. The zero-order valence-corrected chi connectivity index (χ0v) is 15.3. The largest absolute Gasteiger partial charge is 0.496 e. The maximum Gasteiger partial charge on any atom is 0.225 e. The Kier molecular flexibility index (Phi) is 5.37. The Labute approximate surface area is 153 Å². The summed E-state index contributed by atoms with van der Waals surface area (Å²) in [6.07, 6.45) is 3.87. The lowest BCUT2D eigenvalue weighted by Gasteiger charge is -2.21. The molecule has 1 aromatic heterocycles. The standard InChI is InChI=1S/C21H23N3O2/c1-15-8-4-6-10-17(15)20(21-22-12-13-24(21)2)23-19(25)14-16-9-5-7-11-18(16)26-3/h4-13,20H,14H2,1-3H3,(H,23,25). The number of aromatic nitrogens is 2. The lowest BCUT2D eigenvalue weighted by Crippen LogP contribution is -2.32. The van der Waals surface area contributed by atoms with Crippen LogP contribution >= 0.6 is 0 Å². The molecular formula is C21H23N3O2. The highest BCUT2D eigenvalue weighted by atomic mass is 16.5. The van der Waals surface area contributed by atoms with Crippen LogP contribution in [0.15, 0.2) is 60.9 Å². The van der Waals surface area contributed by atoms with Crippen LogP contribution < -0.4 is 10.1 Å². The molecule has 3 rings (SSSR count). The lowest BCUT2D eigenvalue weighted by molar-refractivity contribution is -0.121. The molecule has 0 aliphatic rings. The van der Waals surface area contributed by atoms with Crippen molar-refractivity contribution in [2.75, 3.05) is 7.11 Å². The van der Waals surface area contributed by atoms with E-state index in [1.54, 1.807) is 13.3 Å². The molecule has 1 unspecified atom stereocenters. The Morgan fingerprint density at radius 1 is 1.19 bits per heavy atom. The molecule has 3 aromatic rings. The molecule has 1 heterocycles. The van der Waals surface area contributed by atoms with Crippen LogP contribution in [0.4, 0.5) is 0 Å². The average Bonchev–Trinajstić information content (AvgIpc) is 3.06. The van der Waals surface area contributed by atoms with Gasteiger partial charge in [0.25, 0.3) is 0 Å². The summed E-state index contributed by atoms with van der Waals surface area (Å²) in [5.74, 6) is 1.44. The molecule has 1 amide bonds. The fourth-order valence-corrected chi connectivity index (χ4v) is 3.08. The number of carbonyl (C=O) groups is 1. The first-order valence-corrected chi connectivity index (χ1v) is 8.54. The van der Waals surface area contributed by atoms with E-state index in [4.69, 9.17) is 4.74 Å². The first-order chi connectivity index (χ1) is 12.6. The van der Waals surface area contributed by atoms with Gasteiger partial charge < -0.3 is 14.6 Å². The molecule has 0 aliphatic carbocycles. The van der Waals surface area contributed by atoms with Gasteiger partial charge in [0.1, 0.15) is 17.6 Å². The average molecular weight is 349 g/mol. The second-order valence-corrected chi connectivity index (χ2v) is 6.24. The molecule has 0 spiro atoms. The number of hydrogen-bond acceptors (Lipinski definition) is 3.